The Kier molecular flexibility index (Phi) is 4.35. The number of rotatable bonds is 4. The van der Waals surface area contributed by atoms with Gasteiger partial charge in [0.25, 0.3) is 0 Å². The van der Waals surface area contributed by atoms with Crippen LogP contribution in [-0.2, 0) is 15.8 Å². The quantitative estimate of drug-likeness (QED) is 0.827. The molecule has 0 unspecified atom stereocenters. The Balaban J connectivity index is 2.23. The summed E-state index contributed by atoms with van der Waals surface area (Å²) in [6.45, 7) is 1.86. The molecular weight excluding hydrogens is 340 g/mol. The summed E-state index contributed by atoms with van der Waals surface area (Å²) in [5.41, 5.74) is 8.42. The Morgan fingerprint density at radius 1 is 1.20 bits per heavy atom. The minimum Gasteiger partial charge on any atom is -0.398 e. The molecule has 0 fully saturated rings. The molecule has 6 heteroatoms. The number of hydrogen-bond donors (Lipinski definition) is 2. The van der Waals surface area contributed by atoms with Crippen LogP contribution in [0.3, 0.4) is 0 Å². The van der Waals surface area contributed by atoms with E-state index in [4.69, 9.17) is 5.73 Å². The Bertz CT molecular complexity index is 715. The van der Waals surface area contributed by atoms with Gasteiger partial charge >= 0.3 is 0 Å². The van der Waals surface area contributed by atoms with Crippen LogP contribution in [0, 0.1) is 6.92 Å². The lowest BCUT2D eigenvalue weighted by Crippen LogP contribution is -2.15. The third-order valence-electron chi connectivity index (χ3n) is 2.82. The van der Waals surface area contributed by atoms with Crippen molar-refractivity contribution >= 4 is 37.3 Å². The van der Waals surface area contributed by atoms with Crippen molar-refractivity contribution in [3.8, 4) is 0 Å². The van der Waals surface area contributed by atoms with Crippen LogP contribution in [0.15, 0.2) is 46.9 Å². The molecule has 0 bridgehead atoms. The number of benzene rings is 2. The van der Waals surface area contributed by atoms with Crippen molar-refractivity contribution in [2.24, 2.45) is 0 Å². The molecular formula is C14H15BrN2O2S. The largest absolute Gasteiger partial charge is 0.398 e. The fraction of sp³-hybridized carbons (Fsp3) is 0.143. The maximum atomic E-state index is 12.1. The monoisotopic (exact) mass is 354 g/mol. The van der Waals surface area contributed by atoms with Crippen LogP contribution in [0.25, 0.3) is 0 Å². The lowest BCUT2D eigenvalue weighted by Gasteiger charge is -2.12. The molecule has 2 rings (SSSR count). The lowest BCUT2D eigenvalue weighted by molar-refractivity contribution is 0.600. The summed E-state index contributed by atoms with van der Waals surface area (Å²) in [4.78, 5) is 0. The van der Waals surface area contributed by atoms with Gasteiger partial charge in [-0.05, 0) is 46.1 Å². The van der Waals surface area contributed by atoms with Crippen LogP contribution in [0.1, 0.15) is 11.1 Å². The van der Waals surface area contributed by atoms with Gasteiger partial charge in [-0.25, -0.2) is 8.42 Å². The molecule has 106 valence electrons. The molecule has 0 aliphatic carbocycles. The number of hydrogen-bond acceptors (Lipinski definition) is 3. The molecule has 0 heterocycles. The Morgan fingerprint density at radius 2 is 1.85 bits per heavy atom. The minimum atomic E-state index is -3.48. The Morgan fingerprint density at radius 3 is 2.50 bits per heavy atom. The average Bonchev–Trinajstić information content (AvgIpc) is 2.36. The number of anilines is 2. The van der Waals surface area contributed by atoms with E-state index in [2.05, 4.69) is 20.7 Å². The zero-order chi connectivity index (χ0) is 14.8. The lowest BCUT2D eigenvalue weighted by atomic mass is 10.2. The van der Waals surface area contributed by atoms with Crippen LogP contribution >= 0.6 is 15.9 Å². The molecule has 20 heavy (non-hydrogen) atoms. The van der Waals surface area contributed by atoms with E-state index in [0.29, 0.717) is 15.8 Å². The van der Waals surface area contributed by atoms with E-state index in [1.54, 1.807) is 24.3 Å². The number of aryl methyl sites for hydroxylation is 1. The highest BCUT2D eigenvalue weighted by Gasteiger charge is 2.14. The van der Waals surface area contributed by atoms with E-state index in [-0.39, 0.29) is 5.75 Å². The van der Waals surface area contributed by atoms with E-state index in [9.17, 15) is 8.42 Å². The highest BCUT2D eigenvalue weighted by molar-refractivity contribution is 9.10. The SMILES string of the molecule is Cc1cc(Br)c(NS(=O)(=O)Cc2ccccc2)cc1N. The van der Waals surface area contributed by atoms with Gasteiger partial charge in [-0.15, -0.1) is 0 Å². The Labute approximate surface area is 127 Å². The molecule has 0 saturated heterocycles. The zero-order valence-electron chi connectivity index (χ0n) is 10.9. The maximum absolute atomic E-state index is 12.1. The summed E-state index contributed by atoms with van der Waals surface area (Å²) in [5.74, 6) is -0.0753. The summed E-state index contributed by atoms with van der Waals surface area (Å²) in [5, 5.41) is 0. The van der Waals surface area contributed by atoms with Gasteiger partial charge in [0, 0.05) is 10.2 Å². The molecule has 0 amide bonds. The van der Waals surface area contributed by atoms with Crippen molar-refractivity contribution in [1.82, 2.24) is 0 Å². The highest BCUT2D eigenvalue weighted by Crippen LogP contribution is 2.28. The zero-order valence-corrected chi connectivity index (χ0v) is 13.3. The van der Waals surface area contributed by atoms with Gasteiger partial charge in [0.1, 0.15) is 0 Å². The van der Waals surface area contributed by atoms with Gasteiger partial charge in [0.05, 0.1) is 11.4 Å². The first-order valence-electron chi connectivity index (χ1n) is 5.97. The number of sulfonamides is 1. The first-order valence-corrected chi connectivity index (χ1v) is 8.42. The first kappa shape index (κ1) is 14.9. The third kappa shape index (κ3) is 3.74. The molecule has 2 aromatic rings. The molecule has 0 aliphatic heterocycles. The normalized spacial score (nSPS) is 11.3. The van der Waals surface area contributed by atoms with Crippen molar-refractivity contribution in [3.63, 3.8) is 0 Å². The second kappa shape index (κ2) is 5.85. The Hall–Kier alpha value is -1.53. The molecule has 3 N–H and O–H groups in total. The van der Waals surface area contributed by atoms with Crippen LogP contribution in [0.4, 0.5) is 11.4 Å². The van der Waals surface area contributed by atoms with Crippen molar-refractivity contribution in [3.05, 3.63) is 58.1 Å². The molecule has 2 aromatic carbocycles. The van der Waals surface area contributed by atoms with Gasteiger partial charge in [-0.1, -0.05) is 30.3 Å². The summed E-state index contributed by atoms with van der Waals surface area (Å²) in [7, 11) is -3.48. The van der Waals surface area contributed by atoms with Gasteiger partial charge in [0.15, 0.2) is 0 Å². The van der Waals surface area contributed by atoms with Crippen molar-refractivity contribution in [2.75, 3.05) is 10.5 Å². The third-order valence-corrected chi connectivity index (χ3v) is 4.72. The number of halogens is 1. The minimum absolute atomic E-state index is 0.0753. The molecule has 0 atom stereocenters. The highest BCUT2D eigenvalue weighted by atomic mass is 79.9. The van der Waals surface area contributed by atoms with Crippen LogP contribution in [0.2, 0.25) is 0 Å². The van der Waals surface area contributed by atoms with Gasteiger partial charge < -0.3 is 5.73 Å². The summed E-state index contributed by atoms with van der Waals surface area (Å²) in [6.07, 6.45) is 0. The topological polar surface area (TPSA) is 72.2 Å². The van der Waals surface area contributed by atoms with Crippen molar-refractivity contribution < 1.29 is 8.42 Å². The fourth-order valence-electron chi connectivity index (χ4n) is 1.76. The molecule has 0 radical (unpaired) electrons. The van der Waals surface area contributed by atoms with Crippen molar-refractivity contribution in [2.45, 2.75) is 12.7 Å². The average molecular weight is 355 g/mol. The number of nitrogens with two attached hydrogens (primary N) is 1. The maximum Gasteiger partial charge on any atom is 0.236 e. The predicted octanol–water partition coefficient (Wildman–Crippen LogP) is 3.28. The molecule has 0 saturated carbocycles. The molecule has 0 aromatic heterocycles. The van der Waals surface area contributed by atoms with Gasteiger partial charge in [-0.2, -0.15) is 0 Å². The smallest absolute Gasteiger partial charge is 0.236 e. The standard InChI is InChI=1S/C14H15BrN2O2S/c1-10-7-12(15)14(8-13(10)16)17-20(18,19)9-11-5-3-2-4-6-11/h2-8,17H,9,16H2,1H3. The summed E-state index contributed by atoms with van der Waals surface area (Å²) < 4.78 is 27.5. The van der Waals surface area contributed by atoms with E-state index in [1.807, 2.05) is 25.1 Å². The number of nitrogens with one attached hydrogen (secondary N) is 1. The molecule has 4 nitrogen and oxygen atoms in total. The number of nitrogen functional groups attached to an aromatic ring is 1. The second-order valence-corrected chi connectivity index (χ2v) is 7.11. The van der Waals surface area contributed by atoms with E-state index >= 15 is 0 Å². The van der Waals surface area contributed by atoms with Crippen LogP contribution in [-0.4, -0.2) is 8.42 Å². The van der Waals surface area contributed by atoms with Crippen LogP contribution < -0.4 is 10.5 Å². The molecule has 0 aliphatic rings. The van der Waals surface area contributed by atoms with Gasteiger partial charge in [-0.3, -0.25) is 4.72 Å². The second-order valence-electron chi connectivity index (χ2n) is 4.54. The van der Waals surface area contributed by atoms with Crippen molar-refractivity contribution in [1.29, 1.82) is 0 Å². The van der Waals surface area contributed by atoms with Crippen LogP contribution in [0.5, 0.6) is 0 Å². The van der Waals surface area contributed by atoms with E-state index in [1.165, 1.54) is 0 Å². The fourth-order valence-corrected chi connectivity index (χ4v) is 3.66. The predicted molar refractivity (Wildman–Crippen MR) is 86.0 cm³/mol. The first-order chi connectivity index (χ1) is 9.37. The summed E-state index contributed by atoms with van der Waals surface area (Å²) >= 11 is 3.34. The summed E-state index contributed by atoms with van der Waals surface area (Å²) in [6, 6.07) is 12.4. The van der Waals surface area contributed by atoms with E-state index < -0.39 is 10.0 Å². The van der Waals surface area contributed by atoms with E-state index in [0.717, 1.165) is 11.1 Å². The van der Waals surface area contributed by atoms with Gasteiger partial charge in [0.2, 0.25) is 10.0 Å². The molecule has 0 spiro atoms.